The van der Waals surface area contributed by atoms with Crippen LogP contribution < -0.4 is 0 Å². The third-order valence-corrected chi connectivity index (χ3v) is 4.96. The topological polar surface area (TPSA) is 102 Å². The molecule has 0 saturated carbocycles. The number of carboxylic acids is 1. The van der Waals surface area contributed by atoms with E-state index in [1.165, 1.54) is 10.9 Å². The molecule has 0 amide bonds. The molecular weight excluding hydrogens is 341 g/mol. The van der Waals surface area contributed by atoms with E-state index in [-0.39, 0.29) is 26.2 Å². The Hall–Kier alpha value is -1.64. The number of hydrogen-bond acceptors (Lipinski definition) is 5. The summed E-state index contributed by atoms with van der Waals surface area (Å²) in [5.41, 5.74) is -0.160. The molecule has 2 rings (SSSR count). The number of sulfone groups is 1. The number of aromatic nitrogens is 3. The van der Waals surface area contributed by atoms with Gasteiger partial charge in [0.2, 0.25) is 0 Å². The first-order valence-corrected chi connectivity index (χ1v) is 7.92. The normalized spacial score (nSPS) is 11.6. The first-order chi connectivity index (χ1) is 9.70. The van der Waals surface area contributed by atoms with Crippen molar-refractivity contribution >= 4 is 39.0 Å². The summed E-state index contributed by atoms with van der Waals surface area (Å²) in [4.78, 5) is 10.7. The number of hydrogen-bond donors (Lipinski definition) is 1. The summed E-state index contributed by atoms with van der Waals surface area (Å²) >= 11 is 11.6. The van der Waals surface area contributed by atoms with Gasteiger partial charge in [-0.3, -0.25) is 4.68 Å². The Morgan fingerprint density at radius 3 is 2.57 bits per heavy atom. The molecule has 0 fully saturated rings. The fourth-order valence-corrected chi connectivity index (χ4v) is 3.87. The first-order valence-electron chi connectivity index (χ1n) is 5.51. The number of rotatable bonds is 4. The number of carboxylic acid groups (broad SMARTS) is 1. The highest BCUT2D eigenvalue weighted by atomic mass is 35.5. The molecule has 2 aromatic rings. The van der Waals surface area contributed by atoms with Crippen LogP contribution in [0, 0.1) is 0 Å². The van der Waals surface area contributed by atoms with Crippen LogP contribution >= 0.6 is 23.2 Å². The van der Waals surface area contributed by atoms with Gasteiger partial charge in [0.25, 0.3) is 0 Å². The summed E-state index contributed by atoms with van der Waals surface area (Å²) in [6, 6.07) is 2.20. The van der Waals surface area contributed by atoms with E-state index < -0.39 is 21.6 Å². The quantitative estimate of drug-likeness (QED) is 0.902. The van der Waals surface area contributed by atoms with Crippen LogP contribution in [0.15, 0.2) is 23.2 Å². The minimum atomic E-state index is -3.90. The second-order valence-electron chi connectivity index (χ2n) is 4.21. The van der Waals surface area contributed by atoms with Gasteiger partial charge >= 0.3 is 5.97 Å². The number of halogens is 2. The Morgan fingerprint density at radius 2 is 2.05 bits per heavy atom. The molecule has 7 nitrogen and oxygen atoms in total. The van der Waals surface area contributed by atoms with Crippen molar-refractivity contribution in [1.29, 1.82) is 0 Å². The zero-order valence-corrected chi connectivity index (χ0v) is 12.9. The van der Waals surface area contributed by atoms with Crippen LogP contribution in [0.1, 0.15) is 16.1 Å². The van der Waals surface area contributed by atoms with E-state index in [4.69, 9.17) is 28.3 Å². The third kappa shape index (κ3) is 3.34. The van der Waals surface area contributed by atoms with Gasteiger partial charge in [0.15, 0.2) is 9.84 Å². The molecule has 1 N–H and O–H groups in total. The maximum atomic E-state index is 12.3. The molecule has 0 aliphatic carbocycles. The van der Waals surface area contributed by atoms with E-state index in [9.17, 15) is 13.2 Å². The van der Waals surface area contributed by atoms with Crippen molar-refractivity contribution < 1.29 is 18.3 Å². The van der Waals surface area contributed by atoms with Crippen molar-refractivity contribution in [1.82, 2.24) is 15.0 Å². The lowest BCUT2D eigenvalue weighted by Gasteiger charge is -2.08. The van der Waals surface area contributed by atoms with Gasteiger partial charge < -0.3 is 5.11 Å². The molecule has 21 heavy (non-hydrogen) atoms. The zero-order chi connectivity index (χ0) is 15.8. The van der Waals surface area contributed by atoms with Crippen molar-refractivity contribution in [2.24, 2.45) is 7.05 Å². The smallest absolute Gasteiger partial charge is 0.337 e. The molecule has 1 heterocycles. The molecule has 1 aromatic heterocycles. The SMILES string of the molecule is Cn1cc(CS(=O)(=O)c2cc(Cl)cc(C(=O)O)c2Cl)nn1. The molecule has 1 aromatic carbocycles. The summed E-state index contributed by atoms with van der Waals surface area (Å²) in [6.07, 6.45) is 1.44. The van der Waals surface area contributed by atoms with Crippen molar-refractivity contribution in [2.45, 2.75) is 10.6 Å². The predicted octanol–water partition coefficient (Wildman–Crippen LogP) is 1.79. The van der Waals surface area contributed by atoms with Gasteiger partial charge in [-0.05, 0) is 12.1 Å². The highest BCUT2D eigenvalue weighted by molar-refractivity contribution is 7.90. The number of nitrogens with zero attached hydrogens (tertiary/aromatic N) is 3. The predicted molar refractivity (Wildman–Crippen MR) is 75.3 cm³/mol. The van der Waals surface area contributed by atoms with Gasteiger partial charge in [0.1, 0.15) is 5.75 Å². The Balaban J connectivity index is 2.52. The summed E-state index contributed by atoms with van der Waals surface area (Å²) in [6.45, 7) is 0. The minimum absolute atomic E-state index is 0.0329. The lowest BCUT2D eigenvalue weighted by molar-refractivity contribution is 0.0697. The van der Waals surface area contributed by atoms with E-state index >= 15 is 0 Å². The molecule has 0 spiro atoms. The number of aryl methyl sites for hydroxylation is 1. The van der Waals surface area contributed by atoms with E-state index in [2.05, 4.69) is 10.3 Å². The van der Waals surface area contributed by atoms with Gasteiger partial charge in [-0.1, -0.05) is 28.4 Å². The molecule has 0 bridgehead atoms. The average molecular weight is 350 g/mol. The lowest BCUT2D eigenvalue weighted by atomic mass is 10.2. The van der Waals surface area contributed by atoms with Crippen molar-refractivity contribution in [3.05, 3.63) is 39.6 Å². The van der Waals surface area contributed by atoms with E-state index in [1.807, 2.05) is 0 Å². The Morgan fingerprint density at radius 1 is 1.38 bits per heavy atom. The van der Waals surface area contributed by atoms with Crippen LogP contribution in [0.5, 0.6) is 0 Å². The lowest BCUT2D eigenvalue weighted by Crippen LogP contribution is -2.09. The molecule has 0 aliphatic rings. The van der Waals surface area contributed by atoms with Gasteiger partial charge in [-0.2, -0.15) is 0 Å². The fraction of sp³-hybridized carbons (Fsp3) is 0.182. The third-order valence-electron chi connectivity index (χ3n) is 2.56. The van der Waals surface area contributed by atoms with Crippen LogP contribution in [0.25, 0.3) is 0 Å². The summed E-state index contributed by atoms with van der Waals surface area (Å²) in [5, 5.41) is 15.9. The van der Waals surface area contributed by atoms with Gasteiger partial charge in [0.05, 0.1) is 21.2 Å². The van der Waals surface area contributed by atoms with Crippen molar-refractivity contribution in [2.75, 3.05) is 0 Å². The zero-order valence-electron chi connectivity index (χ0n) is 10.6. The highest BCUT2D eigenvalue weighted by Gasteiger charge is 2.25. The fourth-order valence-electron chi connectivity index (χ4n) is 1.68. The van der Waals surface area contributed by atoms with Crippen molar-refractivity contribution in [3.63, 3.8) is 0 Å². The second kappa shape index (κ2) is 5.63. The minimum Gasteiger partial charge on any atom is -0.478 e. The summed E-state index contributed by atoms with van der Waals surface area (Å²) in [5.74, 6) is -1.82. The van der Waals surface area contributed by atoms with E-state index in [1.54, 1.807) is 7.05 Å². The van der Waals surface area contributed by atoms with Gasteiger partial charge in [0, 0.05) is 18.3 Å². The Bertz CT molecular complexity index is 817. The maximum absolute atomic E-state index is 12.3. The Kier molecular flexibility index (Phi) is 4.22. The van der Waals surface area contributed by atoms with Crippen LogP contribution in [0.2, 0.25) is 10.0 Å². The van der Waals surface area contributed by atoms with Gasteiger partial charge in [-0.15, -0.1) is 5.10 Å². The number of aromatic carboxylic acids is 1. The maximum Gasteiger partial charge on any atom is 0.337 e. The summed E-state index contributed by atoms with van der Waals surface area (Å²) in [7, 11) is -2.31. The highest BCUT2D eigenvalue weighted by Crippen LogP contribution is 2.31. The summed E-state index contributed by atoms with van der Waals surface area (Å²) < 4.78 is 26.0. The van der Waals surface area contributed by atoms with Gasteiger partial charge in [-0.25, -0.2) is 13.2 Å². The Labute approximate surface area is 130 Å². The molecule has 10 heteroatoms. The average Bonchev–Trinajstić information content (AvgIpc) is 2.76. The molecular formula is C11H9Cl2N3O4S. The van der Waals surface area contributed by atoms with E-state index in [0.29, 0.717) is 0 Å². The van der Waals surface area contributed by atoms with Crippen LogP contribution in [0.4, 0.5) is 0 Å². The number of carbonyl (C=O) groups is 1. The first kappa shape index (κ1) is 15.7. The molecule has 0 saturated heterocycles. The monoisotopic (exact) mass is 349 g/mol. The van der Waals surface area contributed by atoms with E-state index in [0.717, 1.165) is 12.1 Å². The van der Waals surface area contributed by atoms with Crippen LogP contribution in [-0.2, 0) is 22.6 Å². The standard InChI is InChI=1S/C11H9Cl2N3O4S/c1-16-4-7(14-15-16)5-21(19,20)9-3-6(12)2-8(10(9)13)11(17)18/h2-4H,5H2,1H3,(H,17,18). The van der Waals surface area contributed by atoms with Crippen LogP contribution in [-0.4, -0.2) is 34.5 Å². The van der Waals surface area contributed by atoms with Crippen molar-refractivity contribution in [3.8, 4) is 0 Å². The second-order valence-corrected chi connectivity index (χ2v) is 6.99. The van der Waals surface area contributed by atoms with Crippen LogP contribution in [0.3, 0.4) is 0 Å². The number of benzene rings is 1. The molecule has 0 atom stereocenters. The molecule has 0 unspecified atom stereocenters. The largest absolute Gasteiger partial charge is 0.478 e. The molecule has 112 valence electrons. The molecule has 0 aliphatic heterocycles. The molecule has 0 radical (unpaired) electrons.